The molecular formula is C69H110N2. The van der Waals surface area contributed by atoms with Crippen LogP contribution in [0.4, 0.5) is 0 Å². The summed E-state index contributed by atoms with van der Waals surface area (Å²) in [4.78, 5) is 0. The van der Waals surface area contributed by atoms with Gasteiger partial charge in [0.2, 0.25) is 11.4 Å². The van der Waals surface area contributed by atoms with Gasteiger partial charge in [-0.15, -0.1) is 0 Å². The molecule has 0 aliphatic carbocycles. The Hall–Kier alpha value is -3.36. The Morgan fingerprint density at radius 1 is 0.324 bits per heavy atom. The lowest BCUT2D eigenvalue weighted by Gasteiger charge is -2.11. The van der Waals surface area contributed by atoms with Crippen molar-refractivity contribution in [1.82, 2.24) is 0 Å². The molecule has 2 aromatic carbocycles. The molecule has 3 rings (SSSR count). The highest BCUT2D eigenvalue weighted by molar-refractivity contribution is 5.88. The largest absolute Gasteiger partial charge is 0.493 e. The lowest BCUT2D eigenvalue weighted by molar-refractivity contribution is -0.344. The molecule has 71 heavy (non-hydrogen) atoms. The SMILES string of the molecule is CCCCCCCCCC#CC1=C(c2cccc(CCCCCC)c2)[N+](=[N-])C(c2cccc(CCCCCC)c2)=C1C#CCCCCCCCCCCCCCCCCCCCCCCCCCCCC. The van der Waals surface area contributed by atoms with Gasteiger partial charge in [0.05, 0.1) is 0 Å². The Labute approximate surface area is 441 Å². The van der Waals surface area contributed by atoms with Crippen LogP contribution in [0.15, 0.2) is 59.7 Å². The van der Waals surface area contributed by atoms with Crippen LogP contribution in [-0.2, 0) is 12.8 Å². The second-order valence-corrected chi connectivity index (χ2v) is 21.8. The third kappa shape index (κ3) is 29.2. The van der Waals surface area contributed by atoms with Crippen molar-refractivity contribution in [2.45, 2.75) is 317 Å². The van der Waals surface area contributed by atoms with Gasteiger partial charge in [-0.3, -0.25) is 0 Å². The van der Waals surface area contributed by atoms with Gasteiger partial charge in [-0.2, -0.15) is 0 Å². The van der Waals surface area contributed by atoms with Gasteiger partial charge in [-0.1, -0.05) is 313 Å². The first-order valence-electron chi connectivity index (χ1n) is 31.3. The maximum absolute atomic E-state index is 12.4. The number of aryl methyl sites for hydroxylation is 2. The van der Waals surface area contributed by atoms with E-state index in [0.717, 1.165) is 72.2 Å². The van der Waals surface area contributed by atoms with Crippen molar-refractivity contribution in [3.8, 4) is 23.7 Å². The minimum atomic E-state index is 0.792. The zero-order valence-electron chi connectivity index (χ0n) is 47.3. The molecule has 0 fully saturated rings. The molecule has 0 bridgehead atoms. The number of hydrogen-bond acceptors (Lipinski definition) is 0. The van der Waals surface area contributed by atoms with E-state index >= 15 is 0 Å². The van der Waals surface area contributed by atoms with E-state index in [9.17, 15) is 5.53 Å². The van der Waals surface area contributed by atoms with Gasteiger partial charge in [0.25, 0.3) is 0 Å². The van der Waals surface area contributed by atoms with Crippen molar-refractivity contribution < 1.29 is 4.70 Å². The first-order chi connectivity index (χ1) is 35.1. The van der Waals surface area contributed by atoms with Gasteiger partial charge >= 0.3 is 0 Å². The highest BCUT2D eigenvalue weighted by atomic mass is 15.2. The molecule has 396 valence electrons. The molecule has 1 aliphatic rings. The third-order valence-corrected chi connectivity index (χ3v) is 15.2. The van der Waals surface area contributed by atoms with Crippen LogP contribution in [0.25, 0.3) is 16.9 Å². The number of rotatable bonds is 45. The number of hydrogen-bond donors (Lipinski definition) is 0. The topological polar surface area (TPSA) is 25.3 Å². The van der Waals surface area contributed by atoms with E-state index < -0.39 is 0 Å². The normalized spacial score (nSPS) is 12.5. The van der Waals surface area contributed by atoms with Crippen LogP contribution in [0.2, 0.25) is 0 Å². The quantitative estimate of drug-likeness (QED) is 0.0359. The standard InChI is InChI=1S/C69H110N2/c1-5-9-13-17-19-21-22-23-24-25-26-27-28-29-30-31-32-33-34-35-36-37-38-39-41-43-45-49-59-67-66(58-48-44-42-40-20-18-14-10-6-2)68(64-56-50-54-62(60-64)52-46-15-11-7-3)71(70)69(67)65-57-51-55-63(61-65)53-47-16-12-8-4/h50-51,54-57,60-61H,5-47,52-53H2,1-4H3. The predicted molar refractivity (Wildman–Crippen MR) is 315 cm³/mol. The van der Waals surface area contributed by atoms with Crippen molar-refractivity contribution in [1.29, 1.82) is 0 Å². The Morgan fingerprint density at radius 3 is 0.859 bits per heavy atom. The molecule has 0 amide bonds. The summed E-state index contributed by atoms with van der Waals surface area (Å²) in [5.41, 5.74) is 20.5. The van der Waals surface area contributed by atoms with Crippen molar-refractivity contribution >= 4 is 11.4 Å². The van der Waals surface area contributed by atoms with Crippen LogP contribution in [0.5, 0.6) is 0 Å². The lowest BCUT2D eigenvalue weighted by atomic mass is 9.97. The Morgan fingerprint density at radius 2 is 0.577 bits per heavy atom. The molecule has 0 saturated heterocycles. The van der Waals surface area contributed by atoms with Crippen LogP contribution in [0.1, 0.15) is 326 Å². The maximum atomic E-state index is 12.4. The highest BCUT2D eigenvalue weighted by Gasteiger charge is 2.35. The molecule has 1 aliphatic heterocycles. The average Bonchev–Trinajstić information content (AvgIpc) is 3.66. The molecular weight excluding hydrogens is 857 g/mol. The fraction of sp³-hybridized carbons (Fsp3) is 0.710. The minimum absolute atomic E-state index is 0.792. The Kier molecular flexibility index (Phi) is 38.5. The van der Waals surface area contributed by atoms with E-state index in [1.807, 2.05) is 0 Å². The molecule has 2 aromatic rings. The van der Waals surface area contributed by atoms with E-state index in [1.165, 1.54) is 266 Å². The highest BCUT2D eigenvalue weighted by Crippen LogP contribution is 2.41. The van der Waals surface area contributed by atoms with Gasteiger partial charge in [-0.25, -0.2) is 4.70 Å². The number of nitrogens with zero attached hydrogens (tertiary/aromatic N) is 2. The lowest BCUT2D eigenvalue weighted by Crippen LogP contribution is -2.03. The van der Waals surface area contributed by atoms with Crippen LogP contribution >= 0.6 is 0 Å². The summed E-state index contributed by atoms with van der Waals surface area (Å²) in [5.74, 6) is 14.5. The van der Waals surface area contributed by atoms with E-state index in [2.05, 4.69) is 99.9 Å². The Balaban J connectivity index is 1.51. The van der Waals surface area contributed by atoms with Crippen LogP contribution in [-0.4, -0.2) is 4.70 Å². The van der Waals surface area contributed by atoms with Crippen LogP contribution in [0.3, 0.4) is 0 Å². The molecule has 0 saturated carbocycles. The summed E-state index contributed by atoms with van der Waals surface area (Å²) in [7, 11) is 0. The van der Waals surface area contributed by atoms with Gasteiger partial charge in [0, 0.05) is 24.0 Å². The summed E-state index contributed by atoms with van der Waals surface area (Å²) in [6.07, 6.45) is 59.5. The summed E-state index contributed by atoms with van der Waals surface area (Å²) < 4.78 is 1.45. The minimum Gasteiger partial charge on any atom is -0.493 e. The molecule has 1 heterocycles. The van der Waals surface area contributed by atoms with Gasteiger partial charge in [-0.05, 0) is 73.9 Å². The molecule has 0 spiro atoms. The van der Waals surface area contributed by atoms with Crippen LogP contribution in [0, 0.1) is 23.7 Å². The summed E-state index contributed by atoms with van der Waals surface area (Å²) in [6.45, 7) is 9.14. The van der Waals surface area contributed by atoms with Crippen LogP contribution < -0.4 is 0 Å². The fourth-order valence-corrected chi connectivity index (χ4v) is 10.6. The number of allylic oxidation sites excluding steroid dienone is 2. The van der Waals surface area contributed by atoms with E-state index in [1.54, 1.807) is 0 Å². The molecule has 0 N–H and O–H groups in total. The summed E-state index contributed by atoms with van der Waals surface area (Å²) >= 11 is 0. The van der Waals surface area contributed by atoms with E-state index in [-0.39, 0.29) is 0 Å². The molecule has 2 nitrogen and oxygen atoms in total. The van der Waals surface area contributed by atoms with Crippen molar-refractivity contribution in [2.75, 3.05) is 0 Å². The zero-order valence-corrected chi connectivity index (χ0v) is 47.3. The first-order valence-corrected chi connectivity index (χ1v) is 31.3. The fourth-order valence-electron chi connectivity index (χ4n) is 10.6. The van der Waals surface area contributed by atoms with Gasteiger partial charge in [0.15, 0.2) is 0 Å². The van der Waals surface area contributed by atoms with Crippen molar-refractivity contribution in [3.63, 3.8) is 0 Å². The zero-order chi connectivity index (χ0) is 50.5. The van der Waals surface area contributed by atoms with Gasteiger partial charge in [0.1, 0.15) is 11.1 Å². The number of unbranched alkanes of at least 4 members (excludes halogenated alkanes) is 39. The van der Waals surface area contributed by atoms with E-state index in [0.29, 0.717) is 0 Å². The molecule has 0 atom stereocenters. The molecule has 0 unspecified atom stereocenters. The van der Waals surface area contributed by atoms with Crippen molar-refractivity contribution in [2.24, 2.45) is 0 Å². The Bertz CT molecular complexity index is 1830. The molecule has 2 heteroatoms. The predicted octanol–water partition coefficient (Wildman–Crippen LogP) is 22.8. The average molecular weight is 968 g/mol. The summed E-state index contributed by atoms with van der Waals surface area (Å²) in [6, 6.07) is 17.7. The molecule has 0 aromatic heterocycles. The third-order valence-electron chi connectivity index (χ3n) is 15.2. The van der Waals surface area contributed by atoms with Crippen molar-refractivity contribution in [3.05, 3.63) is 87.5 Å². The first kappa shape index (κ1) is 61.9. The monoisotopic (exact) mass is 967 g/mol. The molecule has 0 radical (unpaired) electrons. The summed E-state index contributed by atoms with van der Waals surface area (Å²) in [5, 5.41) is 0. The van der Waals surface area contributed by atoms with Gasteiger partial charge < -0.3 is 5.53 Å². The smallest absolute Gasteiger partial charge is 0.224 e. The maximum Gasteiger partial charge on any atom is 0.224 e. The second kappa shape index (κ2) is 44.2. The van der Waals surface area contributed by atoms with E-state index in [4.69, 9.17) is 0 Å². The number of benzene rings is 2. The second-order valence-electron chi connectivity index (χ2n) is 21.8.